The molecule has 0 aliphatic rings. The van der Waals surface area contributed by atoms with E-state index in [1.54, 1.807) is 0 Å². The van der Waals surface area contributed by atoms with Gasteiger partial charge in [0.05, 0.1) is 19.1 Å². The lowest BCUT2D eigenvalue weighted by Gasteiger charge is -2.17. The molecule has 0 fully saturated rings. The first-order valence-electron chi connectivity index (χ1n) is 5.22. The van der Waals surface area contributed by atoms with Gasteiger partial charge in [-0.2, -0.15) is 0 Å². The van der Waals surface area contributed by atoms with E-state index in [0.717, 1.165) is 0 Å². The lowest BCUT2D eigenvalue weighted by atomic mass is 10.2. The van der Waals surface area contributed by atoms with Crippen molar-refractivity contribution in [2.45, 2.75) is 18.5 Å². The largest absolute Gasteiger partial charge is 0.480 e. The van der Waals surface area contributed by atoms with E-state index >= 15 is 0 Å². The Labute approximate surface area is 108 Å². The van der Waals surface area contributed by atoms with Crippen molar-refractivity contribution in [2.24, 2.45) is 11.5 Å². The standard InChI is InChI=1S/C9H16N4O6/c10-4(1-6(11)15)8(18)13-5(3-14)9(19)12-2-7(16)17/h4-5,14H,1-3,10H2,(H2,11,15)(H,12,19)(H,13,18)(H,16,17). The van der Waals surface area contributed by atoms with Gasteiger partial charge in [0.25, 0.3) is 0 Å². The molecule has 0 saturated carbocycles. The number of carboxylic acid groups (broad SMARTS) is 1. The van der Waals surface area contributed by atoms with Crippen LogP contribution in [0.4, 0.5) is 0 Å². The van der Waals surface area contributed by atoms with Crippen LogP contribution in [0.3, 0.4) is 0 Å². The van der Waals surface area contributed by atoms with Gasteiger partial charge in [-0.15, -0.1) is 0 Å². The van der Waals surface area contributed by atoms with Crippen molar-refractivity contribution in [3.8, 4) is 0 Å². The van der Waals surface area contributed by atoms with E-state index in [1.807, 2.05) is 5.32 Å². The molecule has 0 aliphatic heterocycles. The van der Waals surface area contributed by atoms with Crippen molar-refractivity contribution >= 4 is 23.7 Å². The molecule has 19 heavy (non-hydrogen) atoms. The van der Waals surface area contributed by atoms with Crippen molar-refractivity contribution in [3.05, 3.63) is 0 Å². The topological polar surface area (TPSA) is 185 Å². The number of nitrogens with one attached hydrogen (secondary N) is 2. The Morgan fingerprint density at radius 3 is 2.16 bits per heavy atom. The van der Waals surface area contributed by atoms with Crippen LogP contribution in [0.5, 0.6) is 0 Å². The Bertz CT molecular complexity index is 372. The fourth-order valence-electron chi connectivity index (χ4n) is 1.07. The molecule has 0 spiro atoms. The van der Waals surface area contributed by atoms with E-state index in [0.29, 0.717) is 0 Å². The van der Waals surface area contributed by atoms with Crippen molar-refractivity contribution in [1.82, 2.24) is 10.6 Å². The summed E-state index contributed by atoms with van der Waals surface area (Å²) < 4.78 is 0. The molecule has 2 unspecified atom stereocenters. The first-order valence-corrected chi connectivity index (χ1v) is 5.22. The predicted molar refractivity (Wildman–Crippen MR) is 61.4 cm³/mol. The van der Waals surface area contributed by atoms with Crippen LogP contribution < -0.4 is 22.1 Å². The summed E-state index contributed by atoms with van der Waals surface area (Å²) in [6.45, 7) is -1.40. The first kappa shape index (κ1) is 16.8. The highest BCUT2D eigenvalue weighted by Gasteiger charge is 2.24. The van der Waals surface area contributed by atoms with Crippen molar-refractivity contribution in [3.63, 3.8) is 0 Å². The normalized spacial score (nSPS) is 13.2. The fraction of sp³-hybridized carbons (Fsp3) is 0.556. The van der Waals surface area contributed by atoms with Gasteiger partial charge in [-0.1, -0.05) is 0 Å². The molecule has 0 rings (SSSR count). The number of amides is 3. The van der Waals surface area contributed by atoms with Gasteiger partial charge >= 0.3 is 5.97 Å². The number of nitrogens with two attached hydrogens (primary N) is 2. The van der Waals surface area contributed by atoms with Gasteiger partial charge in [0, 0.05) is 0 Å². The third-order valence-electron chi connectivity index (χ3n) is 1.99. The minimum atomic E-state index is -1.36. The van der Waals surface area contributed by atoms with Gasteiger partial charge in [-0.3, -0.25) is 19.2 Å². The van der Waals surface area contributed by atoms with Crippen LogP contribution in [0, 0.1) is 0 Å². The average molecular weight is 276 g/mol. The maximum absolute atomic E-state index is 11.4. The third kappa shape index (κ3) is 6.95. The van der Waals surface area contributed by atoms with E-state index in [-0.39, 0.29) is 0 Å². The molecule has 10 nitrogen and oxygen atoms in total. The number of carbonyl (C=O) groups is 4. The molecular weight excluding hydrogens is 260 g/mol. The summed E-state index contributed by atoms with van der Waals surface area (Å²) in [5.41, 5.74) is 10.2. The highest BCUT2D eigenvalue weighted by atomic mass is 16.4. The second-order valence-corrected chi connectivity index (χ2v) is 3.63. The number of hydrogen-bond donors (Lipinski definition) is 6. The number of hydrogen-bond acceptors (Lipinski definition) is 6. The molecule has 0 aromatic rings. The Kier molecular flexibility index (Phi) is 7.07. The molecular formula is C9H16N4O6. The quantitative estimate of drug-likeness (QED) is 0.260. The molecule has 0 aliphatic carbocycles. The van der Waals surface area contributed by atoms with Crippen molar-refractivity contribution in [2.75, 3.05) is 13.2 Å². The van der Waals surface area contributed by atoms with Crippen LogP contribution in [0.2, 0.25) is 0 Å². The smallest absolute Gasteiger partial charge is 0.322 e. The third-order valence-corrected chi connectivity index (χ3v) is 1.99. The van der Waals surface area contributed by atoms with Crippen LogP contribution in [0.25, 0.3) is 0 Å². The molecule has 10 heteroatoms. The van der Waals surface area contributed by atoms with Crippen LogP contribution in [0.1, 0.15) is 6.42 Å². The summed E-state index contributed by atoms with van der Waals surface area (Å²) in [6.07, 6.45) is -0.416. The lowest BCUT2D eigenvalue weighted by molar-refractivity contribution is -0.138. The summed E-state index contributed by atoms with van der Waals surface area (Å²) in [7, 11) is 0. The molecule has 0 aromatic heterocycles. The van der Waals surface area contributed by atoms with Crippen LogP contribution >= 0.6 is 0 Å². The molecule has 0 aromatic carbocycles. The van der Waals surface area contributed by atoms with Crippen LogP contribution in [0.15, 0.2) is 0 Å². The summed E-state index contributed by atoms with van der Waals surface area (Å²) >= 11 is 0. The summed E-state index contributed by atoms with van der Waals surface area (Å²) in [6, 6.07) is -2.61. The van der Waals surface area contributed by atoms with Gasteiger partial charge in [-0.25, -0.2) is 0 Å². The molecule has 0 heterocycles. The van der Waals surface area contributed by atoms with Gasteiger partial charge < -0.3 is 32.3 Å². The molecule has 8 N–H and O–H groups in total. The zero-order valence-electron chi connectivity index (χ0n) is 9.96. The van der Waals surface area contributed by atoms with E-state index in [2.05, 4.69) is 5.32 Å². The number of rotatable bonds is 8. The number of aliphatic hydroxyl groups is 1. The van der Waals surface area contributed by atoms with Gasteiger partial charge in [-0.05, 0) is 0 Å². The lowest BCUT2D eigenvalue weighted by Crippen LogP contribution is -2.54. The monoisotopic (exact) mass is 276 g/mol. The predicted octanol–water partition coefficient (Wildman–Crippen LogP) is -4.13. The maximum Gasteiger partial charge on any atom is 0.322 e. The van der Waals surface area contributed by atoms with Crippen LogP contribution in [-0.2, 0) is 19.2 Å². The zero-order valence-corrected chi connectivity index (χ0v) is 9.96. The average Bonchev–Trinajstić information content (AvgIpc) is 2.31. The highest BCUT2D eigenvalue weighted by Crippen LogP contribution is 1.90. The van der Waals surface area contributed by atoms with Gasteiger partial charge in [0.1, 0.15) is 12.6 Å². The number of aliphatic hydroxyl groups excluding tert-OH is 1. The van der Waals surface area contributed by atoms with Crippen molar-refractivity contribution < 1.29 is 29.4 Å². The molecule has 0 radical (unpaired) electrons. The number of primary amides is 1. The molecule has 0 saturated heterocycles. The van der Waals surface area contributed by atoms with E-state index < -0.39 is 55.3 Å². The molecule has 3 amide bonds. The van der Waals surface area contributed by atoms with E-state index in [1.165, 1.54) is 0 Å². The molecule has 108 valence electrons. The highest BCUT2D eigenvalue weighted by molar-refractivity contribution is 5.92. The minimum Gasteiger partial charge on any atom is -0.480 e. The number of carboxylic acids is 1. The van der Waals surface area contributed by atoms with Crippen LogP contribution in [-0.4, -0.2) is 59.1 Å². The number of carbonyl (C=O) groups excluding carboxylic acids is 3. The Morgan fingerprint density at radius 2 is 1.74 bits per heavy atom. The van der Waals surface area contributed by atoms with Crippen molar-refractivity contribution in [1.29, 1.82) is 0 Å². The maximum atomic E-state index is 11.4. The first-order chi connectivity index (χ1) is 8.77. The SMILES string of the molecule is NC(=O)CC(N)C(=O)NC(CO)C(=O)NCC(=O)O. The summed E-state index contributed by atoms with van der Waals surface area (Å²) in [5.74, 6) is -3.81. The summed E-state index contributed by atoms with van der Waals surface area (Å²) in [4.78, 5) is 43.6. The Morgan fingerprint density at radius 1 is 1.16 bits per heavy atom. The van der Waals surface area contributed by atoms with E-state index in [4.69, 9.17) is 21.7 Å². The molecule has 2 atom stereocenters. The Balaban J connectivity index is 4.38. The molecule has 0 bridgehead atoms. The Hall–Kier alpha value is -2.20. The second kappa shape index (κ2) is 8.00. The zero-order chi connectivity index (χ0) is 15.0. The van der Waals surface area contributed by atoms with Gasteiger partial charge in [0.15, 0.2) is 0 Å². The second-order valence-electron chi connectivity index (χ2n) is 3.63. The van der Waals surface area contributed by atoms with Gasteiger partial charge in [0.2, 0.25) is 17.7 Å². The van der Waals surface area contributed by atoms with E-state index in [9.17, 15) is 19.2 Å². The minimum absolute atomic E-state index is 0.416. The number of aliphatic carboxylic acids is 1. The fourth-order valence-corrected chi connectivity index (χ4v) is 1.07. The summed E-state index contributed by atoms with van der Waals surface area (Å²) in [5, 5.41) is 21.3.